The molecule has 0 saturated carbocycles. The van der Waals surface area contributed by atoms with Crippen LogP contribution < -0.4 is 11.1 Å². The topological polar surface area (TPSA) is 73.1 Å². The van der Waals surface area contributed by atoms with Crippen molar-refractivity contribution in [2.24, 2.45) is 0 Å². The van der Waals surface area contributed by atoms with Gasteiger partial charge in [0.05, 0.1) is 18.9 Å². The molecule has 0 bridgehead atoms. The largest absolute Gasteiger partial charge is 0.382 e. The highest BCUT2D eigenvalue weighted by Gasteiger charge is 2.18. The summed E-state index contributed by atoms with van der Waals surface area (Å²) in [5, 5.41) is 10.7. The lowest BCUT2D eigenvalue weighted by atomic mass is 10.1. The van der Waals surface area contributed by atoms with Crippen LogP contribution in [0.5, 0.6) is 0 Å². The van der Waals surface area contributed by atoms with E-state index < -0.39 is 0 Å². The SMILES string of the molecule is Nc1nnccc1C1CNCCO1. The zero-order chi connectivity index (χ0) is 9.10. The molecule has 1 aliphatic heterocycles. The minimum Gasteiger partial charge on any atom is -0.382 e. The van der Waals surface area contributed by atoms with E-state index in [0.717, 1.165) is 18.7 Å². The predicted molar refractivity (Wildman–Crippen MR) is 48.0 cm³/mol. The highest BCUT2D eigenvalue weighted by Crippen LogP contribution is 2.21. The van der Waals surface area contributed by atoms with E-state index in [1.165, 1.54) is 0 Å². The quantitative estimate of drug-likeness (QED) is 0.621. The van der Waals surface area contributed by atoms with Crippen molar-refractivity contribution in [1.82, 2.24) is 15.5 Å². The van der Waals surface area contributed by atoms with Crippen LogP contribution in [0.25, 0.3) is 0 Å². The maximum Gasteiger partial charge on any atom is 0.151 e. The van der Waals surface area contributed by atoms with E-state index in [-0.39, 0.29) is 6.10 Å². The molecule has 70 valence electrons. The van der Waals surface area contributed by atoms with Crippen molar-refractivity contribution >= 4 is 5.82 Å². The van der Waals surface area contributed by atoms with Gasteiger partial charge in [0.15, 0.2) is 5.82 Å². The van der Waals surface area contributed by atoms with Gasteiger partial charge >= 0.3 is 0 Å². The number of ether oxygens (including phenoxy) is 1. The molecule has 0 spiro atoms. The summed E-state index contributed by atoms with van der Waals surface area (Å²) in [4.78, 5) is 0. The summed E-state index contributed by atoms with van der Waals surface area (Å²) in [5.41, 5.74) is 6.59. The molecule has 1 fully saturated rings. The Kier molecular flexibility index (Phi) is 2.37. The molecular weight excluding hydrogens is 168 g/mol. The fraction of sp³-hybridized carbons (Fsp3) is 0.500. The van der Waals surface area contributed by atoms with Crippen LogP contribution in [-0.4, -0.2) is 29.9 Å². The molecule has 0 aliphatic carbocycles. The first-order valence-electron chi connectivity index (χ1n) is 4.27. The van der Waals surface area contributed by atoms with Crippen LogP contribution in [0.15, 0.2) is 12.3 Å². The Morgan fingerprint density at radius 1 is 1.62 bits per heavy atom. The summed E-state index contributed by atoms with van der Waals surface area (Å²) in [6.45, 7) is 2.40. The molecule has 5 nitrogen and oxygen atoms in total. The van der Waals surface area contributed by atoms with E-state index in [0.29, 0.717) is 12.4 Å². The molecular formula is C8H12N4O. The number of nitrogen functional groups attached to an aromatic ring is 1. The van der Waals surface area contributed by atoms with E-state index in [4.69, 9.17) is 10.5 Å². The molecule has 2 heterocycles. The van der Waals surface area contributed by atoms with Crippen molar-refractivity contribution in [2.45, 2.75) is 6.10 Å². The number of nitrogens with two attached hydrogens (primary N) is 1. The fourth-order valence-electron chi connectivity index (χ4n) is 1.39. The first kappa shape index (κ1) is 8.40. The second-order valence-electron chi connectivity index (χ2n) is 2.94. The molecule has 1 saturated heterocycles. The molecule has 13 heavy (non-hydrogen) atoms. The lowest BCUT2D eigenvalue weighted by Crippen LogP contribution is -2.33. The van der Waals surface area contributed by atoms with Crippen molar-refractivity contribution in [2.75, 3.05) is 25.4 Å². The van der Waals surface area contributed by atoms with Gasteiger partial charge in [0.25, 0.3) is 0 Å². The van der Waals surface area contributed by atoms with Gasteiger partial charge in [0.2, 0.25) is 0 Å². The number of morpholine rings is 1. The van der Waals surface area contributed by atoms with Crippen LogP contribution in [0.3, 0.4) is 0 Å². The highest BCUT2D eigenvalue weighted by atomic mass is 16.5. The van der Waals surface area contributed by atoms with E-state index in [1.54, 1.807) is 6.20 Å². The highest BCUT2D eigenvalue weighted by molar-refractivity contribution is 5.38. The molecule has 0 amide bonds. The van der Waals surface area contributed by atoms with Crippen LogP contribution in [-0.2, 0) is 4.74 Å². The summed E-state index contributed by atoms with van der Waals surface area (Å²) in [6, 6.07) is 1.85. The van der Waals surface area contributed by atoms with Crippen molar-refractivity contribution in [3.63, 3.8) is 0 Å². The van der Waals surface area contributed by atoms with Gasteiger partial charge in [-0.15, -0.1) is 5.10 Å². The number of nitrogens with one attached hydrogen (secondary N) is 1. The Morgan fingerprint density at radius 3 is 3.23 bits per heavy atom. The summed E-state index contributed by atoms with van der Waals surface area (Å²) >= 11 is 0. The summed E-state index contributed by atoms with van der Waals surface area (Å²) in [7, 11) is 0. The summed E-state index contributed by atoms with van der Waals surface area (Å²) < 4.78 is 5.53. The Bertz CT molecular complexity index is 285. The van der Waals surface area contributed by atoms with E-state index in [1.807, 2.05) is 6.07 Å². The van der Waals surface area contributed by atoms with Gasteiger partial charge in [-0.3, -0.25) is 0 Å². The van der Waals surface area contributed by atoms with E-state index in [9.17, 15) is 0 Å². The third kappa shape index (κ3) is 1.76. The number of aromatic nitrogens is 2. The lowest BCUT2D eigenvalue weighted by Gasteiger charge is -2.24. The Labute approximate surface area is 76.3 Å². The number of nitrogens with zero attached hydrogens (tertiary/aromatic N) is 2. The number of anilines is 1. The second-order valence-corrected chi connectivity index (χ2v) is 2.94. The van der Waals surface area contributed by atoms with Crippen LogP contribution in [0.1, 0.15) is 11.7 Å². The maximum atomic E-state index is 5.67. The van der Waals surface area contributed by atoms with Gasteiger partial charge in [0.1, 0.15) is 0 Å². The summed E-state index contributed by atoms with van der Waals surface area (Å²) in [5.74, 6) is 0.455. The fourth-order valence-corrected chi connectivity index (χ4v) is 1.39. The summed E-state index contributed by atoms with van der Waals surface area (Å²) in [6.07, 6.45) is 1.65. The van der Waals surface area contributed by atoms with E-state index in [2.05, 4.69) is 15.5 Å². The molecule has 1 aromatic heterocycles. The third-order valence-corrected chi connectivity index (χ3v) is 2.06. The molecule has 3 N–H and O–H groups in total. The van der Waals surface area contributed by atoms with Gasteiger partial charge in [-0.25, -0.2) is 0 Å². The van der Waals surface area contributed by atoms with Crippen molar-refractivity contribution in [1.29, 1.82) is 0 Å². The first-order chi connectivity index (χ1) is 6.38. The molecule has 0 radical (unpaired) electrons. The van der Waals surface area contributed by atoms with Crippen molar-refractivity contribution in [3.05, 3.63) is 17.8 Å². The standard InChI is InChI=1S/C8H12N4O/c9-8-6(1-2-11-12-8)7-5-10-3-4-13-7/h1-2,7,10H,3-5H2,(H2,9,12). The van der Waals surface area contributed by atoms with Crippen molar-refractivity contribution < 1.29 is 4.74 Å². The average molecular weight is 180 g/mol. The van der Waals surface area contributed by atoms with Crippen molar-refractivity contribution in [3.8, 4) is 0 Å². The Balaban J connectivity index is 2.18. The van der Waals surface area contributed by atoms with Gasteiger partial charge < -0.3 is 15.8 Å². The number of hydrogen-bond acceptors (Lipinski definition) is 5. The molecule has 0 aromatic carbocycles. The zero-order valence-corrected chi connectivity index (χ0v) is 7.23. The normalized spacial score (nSPS) is 22.9. The van der Waals surface area contributed by atoms with Gasteiger partial charge in [-0.2, -0.15) is 5.10 Å². The second kappa shape index (κ2) is 3.68. The molecule has 1 unspecified atom stereocenters. The van der Waals surface area contributed by atoms with Crippen LogP contribution in [0.4, 0.5) is 5.82 Å². The zero-order valence-electron chi connectivity index (χ0n) is 7.23. The average Bonchev–Trinajstić information content (AvgIpc) is 2.20. The van der Waals surface area contributed by atoms with Gasteiger partial charge in [0, 0.05) is 18.7 Å². The van der Waals surface area contributed by atoms with Crippen LogP contribution >= 0.6 is 0 Å². The smallest absolute Gasteiger partial charge is 0.151 e. The van der Waals surface area contributed by atoms with E-state index >= 15 is 0 Å². The third-order valence-electron chi connectivity index (χ3n) is 2.06. The minimum atomic E-state index is 0.0178. The number of hydrogen-bond donors (Lipinski definition) is 2. The van der Waals surface area contributed by atoms with Gasteiger partial charge in [-0.05, 0) is 6.07 Å². The maximum absolute atomic E-state index is 5.67. The number of rotatable bonds is 1. The Morgan fingerprint density at radius 2 is 2.54 bits per heavy atom. The molecule has 1 atom stereocenters. The van der Waals surface area contributed by atoms with Crippen LogP contribution in [0.2, 0.25) is 0 Å². The lowest BCUT2D eigenvalue weighted by molar-refractivity contribution is 0.0279. The molecule has 1 aromatic rings. The molecule has 1 aliphatic rings. The van der Waals surface area contributed by atoms with Crippen LogP contribution in [0, 0.1) is 0 Å². The first-order valence-corrected chi connectivity index (χ1v) is 4.27. The van der Waals surface area contributed by atoms with Gasteiger partial charge in [-0.1, -0.05) is 0 Å². The molecule has 5 heteroatoms. The monoisotopic (exact) mass is 180 g/mol. The Hall–Kier alpha value is -1.20. The minimum absolute atomic E-state index is 0.0178. The molecule has 2 rings (SSSR count). The predicted octanol–water partition coefficient (Wildman–Crippen LogP) is -0.280.